The zero-order valence-corrected chi connectivity index (χ0v) is 13.5. The van der Waals surface area contributed by atoms with Crippen LogP contribution in [-0.4, -0.2) is 28.8 Å². The number of hydrogen-bond donors (Lipinski definition) is 4. The molecule has 0 radical (unpaired) electrons. The van der Waals surface area contributed by atoms with E-state index in [1.165, 1.54) is 6.07 Å². The quantitative estimate of drug-likeness (QED) is 0.690. The number of aromatic nitrogens is 1. The molecule has 1 heterocycles. The molecule has 1 aliphatic rings. The summed E-state index contributed by atoms with van der Waals surface area (Å²) in [6, 6.07) is 9.01. The van der Waals surface area contributed by atoms with Crippen LogP contribution in [0.3, 0.4) is 0 Å². The molecule has 2 aromatic rings. The van der Waals surface area contributed by atoms with Gasteiger partial charge < -0.3 is 20.7 Å². The lowest BCUT2D eigenvalue weighted by atomic mass is 9.87. The Morgan fingerprint density at radius 3 is 2.71 bits per heavy atom. The van der Waals surface area contributed by atoms with E-state index in [1.54, 1.807) is 0 Å². The van der Waals surface area contributed by atoms with Gasteiger partial charge in [0.1, 0.15) is 0 Å². The molecule has 1 saturated carbocycles. The molecule has 3 rings (SSSR count). The number of rotatable bonds is 4. The molecule has 6 heteroatoms. The molecular formula is C18H23N3O3. The molecule has 0 aliphatic heterocycles. The number of H-pyrrole nitrogens is 1. The van der Waals surface area contributed by atoms with Gasteiger partial charge in [0, 0.05) is 36.2 Å². The van der Waals surface area contributed by atoms with Crippen LogP contribution in [0.1, 0.15) is 31.2 Å². The molecule has 0 atom stereocenters. The number of hydrogen-bond acceptors (Lipinski definition) is 3. The summed E-state index contributed by atoms with van der Waals surface area (Å²) in [5, 5.41) is 15.9. The van der Waals surface area contributed by atoms with Crippen molar-refractivity contribution < 1.29 is 9.90 Å². The second-order valence-corrected chi connectivity index (χ2v) is 6.43. The molecule has 2 amide bonds. The number of aromatic amines is 1. The largest absolute Gasteiger partial charge is 0.396 e. The number of urea groups is 1. The first-order valence-corrected chi connectivity index (χ1v) is 8.42. The van der Waals surface area contributed by atoms with E-state index in [0.717, 1.165) is 42.1 Å². The van der Waals surface area contributed by atoms with E-state index in [2.05, 4.69) is 15.6 Å². The van der Waals surface area contributed by atoms with Crippen molar-refractivity contribution in [1.82, 2.24) is 15.6 Å². The van der Waals surface area contributed by atoms with Crippen molar-refractivity contribution in [3.8, 4) is 0 Å². The Kier molecular flexibility index (Phi) is 5.15. The van der Waals surface area contributed by atoms with Crippen LogP contribution in [0.25, 0.3) is 10.9 Å². The molecule has 6 nitrogen and oxygen atoms in total. The van der Waals surface area contributed by atoms with E-state index in [0.29, 0.717) is 12.5 Å². The number of carbonyl (C=O) groups is 1. The molecule has 0 saturated heterocycles. The molecule has 4 N–H and O–H groups in total. The summed E-state index contributed by atoms with van der Waals surface area (Å²) in [4.78, 5) is 26.6. The molecule has 0 unspecified atom stereocenters. The van der Waals surface area contributed by atoms with Crippen molar-refractivity contribution in [2.24, 2.45) is 5.92 Å². The second-order valence-electron chi connectivity index (χ2n) is 6.43. The number of amides is 2. The first-order valence-electron chi connectivity index (χ1n) is 8.42. The fourth-order valence-corrected chi connectivity index (χ4v) is 3.32. The van der Waals surface area contributed by atoms with E-state index >= 15 is 0 Å². The van der Waals surface area contributed by atoms with Gasteiger partial charge in [-0.15, -0.1) is 0 Å². The average molecular weight is 329 g/mol. The highest BCUT2D eigenvalue weighted by atomic mass is 16.3. The number of benzene rings is 1. The first-order chi connectivity index (χ1) is 11.7. The SMILES string of the molecule is O=C(NCc1cc(=O)[nH]c2ccccc12)NC1CCC(CO)CC1. The molecule has 1 aliphatic carbocycles. The zero-order valence-electron chi connectivity index (χ0n) is 13.5. The summed E-state index contributed by atoms with van der Waals surface area (Å²) in [6.45, 7) is 0.538. The molecule has 128 valence electrons. The number of fused-ring (bicyclic) bond motifs is 1. The van der Waals surface area contributed by atoms with Crippen LogP contribution in [0.5, 0.6) is 0 Å². The van der Waals surface area contributed by atoms with Crippen molar-refractivity contribution in [1.29, 1.82) is 0 Å². The summed E-state index contributed by atoms with van der Waals surface area (Å²) in [5.74, 6) is 0.369. The summed E-state index contributed by atoms with van der Waals surface area (Å²) in [7, 11) is 0. The topological polar surface area (TPSA) is 94.2 Å². The van der Waals surface area contributed by atoms with Crippen molar-refractivity contribution in [2.45, 2.75) is 38.3 Å². The van der Waals surface area contributed by atoms with Crippen LogP contribution in [-0.2, 0) is 6.54 Å². The monoisotopic (exact) mass is 329 g/mol. The maximum atomic E-state index is 12.1. The Balaban J connectivity index is 1.58. The third-order valence-corrected chi connectivity index (χ3v) is 4.72. The maximum Gasteiger partial charge on any atom is 0.315 e. The highest BCUT2D eigenvalue weighted by Crippen LogP contribution is 2.23. The predicted molar refractivity (Wildman–Crippen MR) is 92.8 cm³/mol. The molecule has 0 spiro atoms. The average Bonchev–Trinajstić information content (AvgIpc) is 2.60. The van der Waals surface area contributed by atoms with Gasteiger partial charge in [-0.1, -0.05) is 18.2 Å². The first kappa shape index (κ1) is 16.5. The van der Waals surface area contributed by atoms with Crippen LogP contribution < -0.4 is 16.2 Å². The van der Waals surface area contributed by atoms with E-state index in [9.17, 15) is 9.59 Å². The van der Waals surface area contributed by atoms with Gasteiger partial charge >= 0.3 is 6.03 Å². The molecule has 1 aromatic heterocycles. The van der Waals surface area contributed by atoms with Crippen LogP contribution in [0.4, 0.5) is 4.79 Å². The van der Waals surface area contributed by atoms with Crippen LogP contribution in [0.15, 0.2) is 35.1 Å². The zero-order chi connectivity index (χ0) is 16.9. The molecular weight excluding hydrogens is 306 g/mol. The van der Waals surface area contributed by atoms with Crippen LogP contribution in [0, 0.1) is 5.92 Å². The Morgan fingerprint density at radius 2 is 1.96 bits per heavy atom. The van der Waals surface area contributed by atoms with Gasteiger partial charge in [-0.25, -0.2) is 4.79 Å². The smallest absolute Gasteiger partial charge is 0.315 e. The van der Waals surface area contributed by atoms with Crippen molar-refractivity contribution in [3.63, 3.8) is 0 Å². The number of nitrogens with one attached hydrogen (secondary N) is 3. The Hall–Kier alpha value is -2.34. The lowest BCUT2D eigenvalue weighted by Crippen LogP contribution is -2.43. The number of carbonyl (C=O) groups excluding carboxylic acids is 1. The van der Waals surface area contributed by atoms with E-state index < -0.39 is 0 Å². The van der Waals surface area contributed by atoms with Gasteiger partial charge in [-0.3, -0.25) is 4.79 Å². The minimum absolute atomic E-state index is 0.156. The normalized spacial score (nSPS) is 20.7. The van der Waals surface area contributed by atoms with E-state index in [1.807, 2.05) is 24.3 Å². The van der Waals surface area contributed by atoms with E-state index in [-0.39, 0.29) is 24.2 Å². The Morgan fingerprint density at radius 1 is 1.21 bits per heavy atom. The Labute approximate surface area is 140 Å². The van der Waals surface area contributed by atoms with Crippen molar-refractivity contribution in [3.05, 3.63) is 46.2 Å². The van der Waals surface area contributed by atoms with Crippen LogP contribution in [0.2, 0.25) is 0 Å². The number of aliphatic hydroxyl groups is 1. The summed E-state index contributed by atoms with van der Waals surface area (Å²) in [6.07, 6.45) is 3.68. The molecule has 1 fully saturated rings. The number of para-hydroxylation sites is 1. The number of aliphatic hydroxyl groups excluding tert-OH is 1. The number of pyridine rings is 1. The van der Waals surface area contributed by atoms with Crippen LogP contribution >= 0.6 is 0 Å². The fourth-order valence-electron chi connectivity index (χ4n) is 3.32. The lowest BCUT2D eigenvalue weighted by Gasteiger charge is -2.28. The molecule has 0 bridgehead atoms. The van der Waals surface area contributed by atoms with Gasteiger partial charge in [-0.05, 0) is 43.2 Å². The van der Waals surface area contributed by atoms with Crippen molar-refractivity contribution >= 4 is 16.9 Å². The van der Waals surface area contributed by atoms with E-state index in [4.69, 9.17) is 5.11 Å². The summed E-state index contributed by atoms with van der Waals surface area (Å²) < 4.78 is 0. The molecule has 24 heavy (non-hydrogen) atoms. The van der Waals surface area contributed by atoms with Gasteiger partial charge in [0.05, 0.1) is 0 Å². The predicted octanol–water partition coefficient (Wildman–Crippen LogP) is 1.88. The van der Waals surface area contributed by atoms with Crippen molar-refractivity contribution in [2.75, 3.05) is 6.61 Å². The standard InChI is InChI=1S/C18H23N3O3/c22-11-12-5-7-14(8-6-12)20-18(24)19-10-13-9-17(23)21-16-4-2-1-3-15(13)16/h1-4,9,12,14,22H,5-8,10-11H2,(H,21,23)(H2,19,20,24). The maximum absolute atomic E-state index is 12.1. The third-order valence-electron chi connectivity index (χ3n) is 4.72. The third kappa shape index (κ3) is 3.94. The highest BCUT2D eigenvalue weighted by molar-refractivity contribution is 5.82. The summed E-state index contributed by atoms with van der Waals surface area (Å²) in [5.41, 5.74) is 1.39. The van der Waals surface area contributed by atoms with Gasteiger partial charge in [-0.2, -0.15) is 0 Å². The minimum atomic E-state index is -0.216. The van der Waals surface area contributed by atoms with Gasteiger partial charge in [0.2, 0.25) is 5.56 Å². The molecule has 1 aromatic carbocycles. The fraction of sp³-hybridized carbons (Fsp3) is 0.444. The van der Waals surface area contributed by atoms with Gasteiger partial charge in [0.15, 0.2) is 0 Å². The lowest BCUT2D eigenvalue weighted by molar-refractivity contribution is 0.174. The second kappa shape index (κ2) is 7.49. The Bertz CT molecular complexity index is 763. The summed E-state index contributed by atoms with van der Waals surface area (Å²) >= 11 is 0. The highest BCUT2D eigenvalue weighted by Gasteiger charge is 2.21. The van der Waals surface area contributed by atoms with Gasteiger partial charge in [0.25, 0.3) is 0 Å². The minimum Gasteiger partial charge on any atom is -0.396 e.